The van der Waals surface area contributed by atoms with Crippen LogP contribution < -0.4 is 0 Å². The molecule has 0 fully saturated rings. The molecule has 102 valence electrons. The number of nitriles is 1. The van der Waals surface area contributed by atoms with E-state index in [4.69, 9.17) is 10.00 Å². The molecule has 0 unspecified atom stereocenters. The van der Waals surface area contributed by atoms with Gasteiger partial charge in [0.05, 0.1) is 17.2 Å². The van der Waals surface area contributed by atoms with E-state index in [1.54, 1.807) is 7.11 Å². The number of benzene rings is 2. The van der Waals surface area contributed by atoms with Gasteiger partial charge in [0.2, 0.25) is 0 Å². The lowest BCUT2D eigenvalue weighted by atomic mass is 9.95. The molecule has 0 saturated heterocycles. The smallest absolute Gasteiger partial charge is 0.0998 e. The third-order valence-electron chi connectivity index (χ3n) is 3.49. The molecule has 0 atom stereocenters. The van der Waals surface area contributed by atoms with Crippen molar-refractivity contribution in [3.63, 3.8) is 0 Å². The Kier molecular flexibility index (Phi) is 4.22. The zero-order valence-electron chi connectivity index (χ0n) is 12.2. The monoisotopic (exact) mass is 265 g/mol. The number of ether oxygens (including phenoxy) is 1. The Hall–Kier alpha value is -2.11. The van der Waals surface area contributed by atoms with Crippen molar-refractivity contribution in [1.82, 2.24) is 0 Å². The van der Waals surface area contributed by atoms with Crippen LogP contribution in [-0.2, 0) is 11.2 Å². The van der Waals surface area contributed by atoms with Crippen molar-refractivity contribution in [3.8, 4) is 17.2 Å². The zero-order valence-corrected chi connectivity index (χ0v) is 12.2. The lowest BCUT2D eigenvalue weighted by Gasteiger charge is -2.22. The molecular weight excluding hydrogens is 246 g/mol. The van der Waals surface area contributed by atoms with Crippen LogP contribution in [0.25, 0.3) is 11.1 Å². The molecule has 0 aliphatic carbocycles. The summed E-state index contributed by atoms with van der Waals surface area (Å²) in [4.78, 5) is 0. The molecule has 0 aromatic heterocycles. The van der Waals surface area contributed by atoms with Crippen molar-refractivity contribution in [3.05, 3.63) is 59.7 Å². The molecule has 2 aromatic rings. The molecular formula is C18H19NO. The molecule has 2 aromatic carbocycles. The third kappa shape index (κ3) is 3.26. The van der Waals surface area contributed by atoms with Crippen LogP contribution in [-0.4, -0.2) is 12.7 Å². The maximum Gasteiger partial charge on any atom is 0.0998 e. The summed E-state index contributed by atoms with van der Waals surface area (Å²) in [7, 11) is 1.73. The number of hydrogen-bond acceptors (Lipinski definition) is 2. The number of methoxy groups -OCH3 is 1. The molecule has 0 N–H and O–H groups in total. The van der Waals surface area contributed by atoms with Crippen LogP contribution in [0.1, 0.15) is 25.0 Å². The van der Waals surface area contributed by atoms with Gasteiger partial charge in [-0.25, -0.2) is 0 Å². The molecule has 20 heavy (non-hydrogen) atoms. The van der Waals surface area contributed by atoms with Gasteiger partial charge in [0.15, 0.2) is 0 Å². The first-order chi connectivity index (χ1) is 9.55. The van der Waals surface area contributed by atoms with Crippen molar-refractivity contribution < 1.29 is 4.74 Å². The van der Waals surface area contributed by atoms with Gasteiger partial charge in [0.1, 0.15) is 0 Å². The van der Waals surface area contributed by atoms with Gasteiger partial charge in [0, 0.05) is 13.5 Å². The molecule has 2 nitrogen and oxygen atoms in total. The highest BCUT2D eigenvalue weighted by atomic mass is 16.5. The second-order valence-corrected chi connectivity index (χ2v) is 5.49. The van der Waals surface area contributed by atoms with Gasteiger partial charge < -0.3 is 4.74 Å². The summed E-state index contributed by atoms with van der Waals surface area (Å²) in [5, 5.41) is 9.15. The SMILES string of the molecule is COC(C)(C)Cc1ccc(-c2ccccc2C#N)cc1. The highest BCUT2D eigenvalue weighted by molar-refractivity contribution is 5.70. The topological polar surface area (TPSA) is 33.0 Å². The Bertz CT molecular complexity index is 621. The van der Waals surface area contributed by atoms with Gasteiger partial charge in [-0.2, -0.15) is 5.26 Å². The van der Waals surface area contributed by atoms with Crippen molar-refractivity contribution in [2.24, 2.45) is 0 Å². The Balaban J connectivity index is 2.27. The van der Waals surface area contributed by atoms with E-state index in [-0.39, 0.29) is 5.60 Å². The largest absolute Gasteiger partial charge is 0.378 e. The molecule has 0 spiro atoms. The molecule has 0 radical (unpaired) electrons. The normalized spacial score (nSPS) is 11.1. The van der Waals surface area contributed by atoms with Crippen LogP contribution in [0.3, 0.4) is 0 Å². The van der Waals surface area contributed by atoms with E-state index in [0.29, 0.717) is 5.56 Å². The summed E-state index contributed by atoms with van der Waals surface area (Å²) in [5.74, 6) is 0. The standard InChI is InChI=1S/C18H19NO/c1-18(2,20-3)12-14-8-10-15(11-9-14)17-7-5-4-6-16(17)13-19/h4-11H,12H2,1-3H3. The number of rotatable bonds is 4. The fraction of sp³-hybridized carbons (Fsp3) is 0.278. The first-order valence-corrected chi connectivity index (χ1v) is 6.69. The first-order valence-electron chi connectivity index (χ1n) is 6.69. The van der Waals surface area contributed by atoms with E-state index >= 15 is 0 Å². The minimum Gasteiger partial charge on any atom is -0.378 e. The Morgan fingerprint density at radius 3 is 2.30 bits per heavy atom. The van der Waals surface area contributed by atoms with Gasteiger partial charge >= 0.3 is 0 Å². The number of hydrogen-bond donors (Lipinski definition) is 0. The molecule has 0 saturated carbocycles. The molecule has 0 aliphatic heterocycles. The van der Waals surface area contributed by atoms with E-state index in [0.717, 1.165) is 17.5 Å². The summed E-state index contributed by atoms with van der Waals surface area (Å²) in [6.45, 7) is 4.15. The lowest BCUT2D eigenvalue weighted by molar-refractivity contribution is 0.0232. The summed E-state index contributed by atoms with van der Waals surface area (Å²) in [6, 6.07) is 18.2. The Labute approximate surface area is 120 Å². The lowest BCUT2D eigenvalue weighted by Crippen LogP contribution is -2.25. The predicted octanol–water partition coefficient (Wildman–Crippen LogP) is 4.19. The maximum absolute atomic E-state index is 9.15. The summed E-state index contributed by atoms with van der Waals surface area (Å²) in [6.07, 6.45) is 0.865. The molecule has 0 heterocycles. The fourth-order valence-corrected chi connectivity index (χ4v) is 2.20. The molecule has 0 aliphatic rings. The van der Waals surface area contributed by atoms with E-state index in [1.165, 1.54) is 5.56 Å². The van der Waals surface area contributed by atoms with Gasteiger partial charge in [-0.1, -0.05) is 42.5 Å². The van der Waals surface area contributed by atoms with Crippen LogP contribution >= 0.6 is 0 Å². The van der Waals surface area contributed by atoms with E-state index < -0.39 is 0 Å². The third-order valence-corrected chi connectivity index (χ3v) is 3.49. The molecule has 0 amide bonds. The first kappa shape index (κ1) is 14.3. The fourth-order valence-electron chi connectivity index (χ4n) is 2.20. The molecule has 0 bridgehead atoms. The highest BCUT2D eigenvalue weighted by Crippen LogP contribution is 2.25. The van der Waals surface area contributed by atoms with Gasteiger partial charge in [-0.3, -0.25) is 0 Å². The Morgan fingerprint density at radius 1 is 1.05 bits per heavy atom. The molecule has 2 heteroatoms. The Morgan fingerprint density at radius 2 is 1.70 bits per heavy atom. The quantitative estimate of drug-likeness (QED) is 0.830. The van der Waals surface area contributed by atoms with Crippen LogP contribution in [0.5, 0.6) is 0 Å². The van der Waals surface area contributed by atoms with Crippen molar-refractivity contribution in [1.29, 1.82) is 5.26 Å². The van der Waals surface area contributed by atoms with E-state index in [1.807, 2.05) is 24.3 Å². The van der Waals surface area contributed by atoms with Crippen LogP contribution in [0.2, 0.25) is 0 Å². The average Bonchev–Trinajstić information content (AvgIpc) is 2.48. The van der Waals surface area contributed by atoms with Crippen molar-refractivity contribution >= 4 is 0 Å². The second kappa shape index (κ2) is 5.90. The predicted molar refractivity (Wildman–Crippen MR) is 81.4 cm³/mol. The van der Waals surface area contributed by atoms with Crippen LogP contribution in [0, 0.1) is 11.3 Å². The summed E-state index contributed by atoms with van der Waals surface area (Å²) < 4.78 is 5.45. The van der Waals surface area contributed by atoms with Gasteiger partial charge in [-0.05, 0) is 36.6 Å². The highest BCUT2D eigenvalue weighted by Gasteiger charge is 2.16. The van der Waals surface area contributed by atoms with Crippen molar-refractivity contribution in [2.75, 3.05) is 7.11 Å². The van der Waals surface area contributed by atoms with Crippen molar-refractivity contribution in [2.45, 2.75) is 25.9 Å². The minimum absolute atomic E-state index is 0.161. The zero-order chi connectivity index (χ0) is 14.6. The minimum atomic E-state index is -0.161. The maximum atomic E-state index is 9.15. The second-order valence-electron chi connectivity index (χ2n) is 5.49. The van der Waals surface area contributed by atoms with Gasteiger partial charge in [0.25, 0.3) is 0 Å². The van der Waals surface area contributed by atoms with E-state index in [9.17, 15) is 0 Å². The summed E-state index contributed by atoms with van der Waals surface area (Å²) in [5.41, 5.74) is 3.83. The van der Waals surface area contributed by atoms with E-state index in [2.05, 4.69) is 44.2 Å². The molecule has 2 rings (SSSR count). The van der Waals surface area contributed by atoms with Crippen LogP contribution in [0.15, 0.2) is 48.5 Å². The van der Waals surface area contributed by atoms with Gasteiger partial charge in [-0.15, -0.1) is 0 Å². The number of nitrogens with zero attached hydrogens (tertiary/aromatic N) is 1. The summed E-state index contributed by atoms with van der Waals surface area (Å²) >= 11 is 0. The average molecular weight is 265 g/mol. The van der Waals surface area contributed by atoms with Crippen LogP contribution in [0.4, 0.5) is 0 Å².